The Morgan fingerprint density at radius 3 is 2.58 bits per heavy atom. The molecule has 6 nitrogen and oxygen atoms in total. The molecule has 0 bridgehead atoms. The van der Waals surface area contributed by atoms with Crippen LogP contribution in [0, 0.1) is 20.8 Å². The monoisotopic (exact) mass is 454 g/mol. The summed E-state index contributed by atoms with van der Waals surface area (Å²) in [5.41, 5.74) is 6.46. The molecule has 0 N–H and O–H groups in total. The third-order valence-corrected chi connectivity index (χ3v) is 6.82. The highest BCUT2D eigenvalue weighted by Gasteiger charge is 2.28. The highest BCUT2D eigenvalue weighted by molar-refractivity contribution is 6.04. The molecule has 1 aliphatic carbocycles. The average Bonchev–Trinajstić information content (AvgIpc) is 3.50. The van der Waals surface area contributed by atoms with Crippen molar-refractivity contribution in [1.82, 2.24) is 19.7 Å². The zero-order valence-corrected chi connectivity index (χ0v) is 19.4. The second kappa shape index (κ2) is 8.48. The van der Waals surface area contributed by atoms with Crippen LogP contribution in [0.25, 0.3) is 33.1 Å². The Morgan fingerprint density at radius 2 is 1.91 bits per heavy atom. The van der Waals surface area contributed by atoms with Crippen LogP contribution in [0.3, 0.4) is 0 Å². The fraction of sp³-hybridized carbons (Fsp3) is 0.480. The van der Waals surface area contributed by atoms with E-state index in [9.17, 15) is 8.78 Å². The van der Waals surface area contributed by atoms with E-state index in [1.54, 1.807) is 6.20 Å². The number of benzene rings is 1. The zero-order chi connectivity index (χ0) is 23.3. The summed E-state index contributed by atoms with van der Waals surface area (Å²) in [7, 11) is 0. The van der Waals surface area contributed by atoms with Crippen LogP contribution in [0.4, 0.5) is 8.78 Å². The number of hydrogen-bond acceptors (Lipinski definition) is 5. The number of ether oxygens (including phenoxy) is 1. The number of hydrogen-bond donors (Lipinski definition) is 0. The zero-order valence-electron chi connectivity index (χ0n) is 19.4. The molecule has 4 aromatic rings. The highest BCUT2D eigenvalue weighted by Crippen LogP contribution is 2.40. The first-order chi connectivity index (χ1) is 15.8. The molecule has 174 valence electrons. The van der Waals surface area contributed by atoms with Crippen molar-refractivity contribution in [2.75, 3.05) is 6.61 Å². The van der Waals surface area contributed by atoms with Crippen LogP contribution in [0.5, 0.6) is 0 Å². The van der Waals surface area contributed by atoms with Gasteiger partial charge in [-0.1, -0.05) is 18.0 Å². The van der Waals surface area contributed by atoms with E-state index in [2.05, 4.69) is 28.8 Å². The Bertz CT molecular complexity index is 1300. The second-order valence-electron chi connectivity index (χ2n) is 9.14. The molecule has 5 rings (SSSR count). The van der Waals surface area contributed by atoms with Crippen molar-refractivity contribution in [2.24, 2.45) is 0 Å². The molecular weight excluding hydrogens is 426 g/mol. The summed E-state index contributed by atoms with van der Waals surface area (Å²) in [6.45, 7) is 4.93. The first kappa shape index (κ1) is 21.9. The lowest BCUT2D eigenvalue weighted by Crippen LogP contribution is -2.18. The third-order valence-electron chi connectivity index (χ3n) is 6.82. The number of rotatable bonds is 6. The molecule has 1 saturated carbocycles. The van der Waals surface area contributed by atoms with Gasteiger partial charge in [-0.15, -0.1) is 0 Å². The van der Waals surface area contributed by atoms with Crippen molar-refractivity contribution in [1.29, 1.82) is 0 Å². The van der Waals surface area contributed by atoms with Gasteiger partial charge in [0.1, 0.15) is 17.1 Å². The van der Waals surface area contributed by atoms with E-state index < -0.39 is 6.61 Å². The fourth-order valence-corrected chi connectivity index (χ4v) is 5.29. The number of pyridine rings is 1. The Balaban J connectivity index is 1.73. The van der Waals surface area contributed by atoms with Crippen LogP contribution >= 0.6 is 0 Å². The predicted octanol–water partition coefficient (Wildman–Crippen LogP) is 6.62. The van der Waals surface area contributed by atoms with Gasteiger partial charge in [0, 0.05) is 16.9 Å². The van der Waals surface area contributed by atoms with E-state index in [0.29, 0.717) is 5.92 Å². The molecular formula is C25H28F2N4O2. The van der Waals surface area contributed by atoms with Crippen molar-refractivity contribution < 1.29 is 18.0 Å². The number of aryl methyl sites for hydroxylation is 3. The minimum absolute atomic E-state index is 0.0805. The molecule has 0 amide bonds. The van der Waals surface area contributed by atoms with Crippen molar-refractivity contribution in [3.05, 3.63) is 41.2 Å². The molecule has 0 saturated heterocycles. The van der Waals surface area contributed by atoms with Crippen molar-refractivity contribution in [3.63, 3.8) is 0 Å². The van der Waals surface area contributed by atoms with Gasteiger partial charge in [-0.2, -0.15) is 8.78 Å². The van der Waals surface area contributed by atoms with Gasteiger partial charge in [0.15, 0.2) is 0 Å². The van der Waals surface area contributed by atoms with Crippen molar-refractivity contribution in [2.45, 2.75) is 71.9 Å². The highest BCUT2D eigenvalue weighted by atomic mass is 19.3. The fourth-order valence-electron chi connectivity index (χ4n) is 5.29. The van der Waals surface area contributed by atoms with E-state index in [0.717, 1.165) is 81.6 Å². The predicted molar refractivity (Wildman–Crippen MR) is 123 cm³/mol. The van der Waals surface area contributed by atoms with Crippen LogP contribution < -0.4 is 0 Å². The molecule has 0 unspecified atom stereocenters. The number of imidazole rings is 1. The molecule has 3 heterocycles. The molecule has 8 heteroatoms. The quantitative estimate of drug-likeness (QED) is 0.327. The topological polar surface area (TPSA) is 66.0 Å². The Morgan fingerprint density at radius 1 is 1.15 bits per heavy atom. The molecule has 33 heavy (non-hydrogen) atoms. The summed E-state index contributed by atoms with van der Waals surface area (Å²) >= 11 is 0. The molecule has 0 spiro atoms. The van der Waals surface area contributed by atoms with Gasteiger partial charge in [-0.05, 0) is 63.8 Å². The molecule has 3 aromatic heterocycles. The first-order valence-corrected chi connectivity index (χ1v) is 11.5. The van der Waals surface area contributed by atoms with E-state index in [-0.39, 0.29) is 12.6 Å². The van der Waals surface area contributed by atoms with Gasteiger partial charge in [0.2, 0.25) is 0 Å². The SMILES string of the molecule is Cc1cc2c(cc1-c1c(C)noc1C)ncc1nc(C3CCCC3)n([C@@H](C)COC(F)F)c12. The van der Waals surface area contributed by atoms with Crippen molar-refractivity contribution >= 4 is 21.9 Å². The Kier molecular flexibility index (Phi) is 5.64. The molecule has 0 radical (unpaired) electrons. The van der Waals surface area contributed by atoms with Crippen LogP contribution in [0.15, 0.2) is 22.9 Å². The Labute approximate surface area is 190 Å². The number of fused-ring (bicyclic) bond motifs is 3. The molecule has 0 aliphatic heterocycles. The number of aromatic nitrogens is 4. The van der Waals surface area contributed by atoms with E-state index in [1.807, 2.05) is 20.8 Å². The lowest BCUT2D eigenvalue weighted by Gasteiger charge is -2.21. The first-order valence-electron chi connectivity index (χ1n) is 11.5. The number of halogens is 2. The van der Waals surface area contributed by atoms with E-state index in [4.69, 9.17) is 19.2 Å². The largest absolute Gasteiger partial charge is 0.361 e. The standard InChI is InChI=1S/C25H28F2N4O2/c1-13-9-19-20(10-18(13)22-15(3)30-33-16(22)4)28-11-21-23(19)31(14(2)12-32-25(26)27)24(29-21)17-7-5-6-8-17/h9-11,14,17,25H,5-8,12H2,1-4H3/t14-/m0/s1. The minimum atomic E-state index is -2.80. The Hall–Kier alpha value is -2.87. The summed E-state index contributed by atoms with van der Waals surface area (Å²) in [6, 6.07) is 3.89. The summed E-state index contributed by atoms with van der Waals surface area (Å²) in [5, 5.41) is 5.06. The minimum Gasteiger partial charge on any atom is -0.361 e. The summed E-state index contributed by atoms with van der Waals surface area (Å²) < 4.78 is 37.9. The van der Waals surface area contributed by atoms with Crippen LogP contribution in [0.1, 0.15) is 67.4 Å². The van der Waals surface area contributed by atoms with Gasteiger partial charge in [-0.3, -0.25) is 4.98 Å². The van der Waals surface area contributed by atoms with Gasteiger partial charge < -0.3 is 13.8 Å². The van der Waals surface area contributed by atoms with E-state index >= 15 is 0 Å². The van der Waals surface area contributed by atoms with Gasteiger partial charge in [0.25, 0.3) is 0 Å². The molecule has 1 fully saturated rings. The maximum atomic E-state index is 12.8. The van der Waals surface area contributed by atoms with Crippen LogP contribution in [-0.2, 0) is 4.74 Å². The van der Waals surface area contributed by atoms with Gasteiger partial charge >= 0.3 is 6.61 Å². The normalized spacial score (nSPS) is 16.0. The van der Waals surface area contributed by atoms with Gasteiger partial charge in [0.05, 0.1) is 35.6 Å². The molecule has 1 aliphatic rings. The number of nitrogens with zero attached hydrogens (tertiary/aromatic N) is 4. The maximum Gasteiger partial charge on any atom is 0.345 e. The lowest BCUT2D eigenvalue weighted by atomic mass is 9.96. The summed E-state index contributed by atoms with van der Waals surface area (Å²) in [4.78, 5) is 9.67. The van der Waals surface area contributed by atoms with E-state index in [1.165, 1.54) is 0 Å². The number of alkyl halides is 2. The smallest absolute Gasteiger partial charge is 0.345 e. The second-order valence-corrected chi connectivity index (χ2v) is 9.14. The van der Waals surface area contributed by atoms with Gasteiger partial charge in [-0.25, -0.2) is 4.98 Å². The molecule has 1 atom stereocenters. The van der Waals surface area contributed by atoms with Crippen LogP contribution in [-0.4, -0.2) is 32.9 Å². The van der Waals surface area contributed by atoms with Crippen LogP contribution in [0.2, 0.25) is 0 Å². The molecule has 1 aromatic carbocycles. The maximum absolute atomic E-state index is 12.8. The average molecular weight is 455 g/mol. The van der Waals surface area contributed by atoms with Crippen molar-refractivity contribution in [3.8, 4) is 11.1 Å². The lowest BCUT2D eigenvalue weighted by molar-refractivity contribution is -0.135. The third kappa shape index (κ3) is 3.80. The summed E-state index contributed by atoms with van der Waals surface area (Å²) in [5.74, 6) is 2.04. The summed E-state index contributed by atoms with van der Waals surface area (Å²) in [6.07, 6.45) is 6.24.